The third-order valence-corrected chi connectivity index (χ3v) is 4.81. The quantitative estimate of drug-likeness (QED) is 0.864. The van der Waals surface area contributed by atoms with E-state index in [9.17, 15) is 8.42 Å². The largest absolute Gasteiger partial charge is 0.454 e. The van der Waals surface area contributed by atoms with Crippen molar-refractivity contribution in [3.63, 3.8) is 0 Å². The molecule has 0 saturated heterocycles. The van der Waals surface area contributed by atoms with Crippen molar-refractivity contribution in [2.75, 3.05) is 16.2 Å². The highest BCUT2D eigenvalue weighted by Gasteiger charge is 2.18. The summed E-state index contributed by atoms with van der Waals surface area (Å²) in [5.41, 5.74) is 0.269. The van der Waals surface area contributed by atoms with Crippen LogP contribution in [0.3, 0.4) is 0 Å². The predicted octanol–water partition coefficient (Wildman–Crippen LogP) is 2.16. The van der Waals surface area contributed by atoms with Crippen molar-refractivity contribution in [3.8, 4) is 11.5 Å². The molecule has 0 spiro atoms. The summed E-state index contributed by atoms with van der Waals surface area (Å²) >= 11 is 8.76. The highest BCUT2D eigenvalue weighted by atomic mass is 79.9. The zero-order valence-corrected chi connectivity index (χ0v) is 11.0. The minimum Gasteiger partial charge on any atom is -0.454 e. The van der Waals surface area contributed by atoms with E-state index in [-0.39, 0.29) is 22.2 Å². The fraction of sp³-hybridized carbons (Fsp3) is 0.250. The Labute approximate surface area is 106 Å². The molecule has 0 aliphatic carbocycles. The number of fused-ring (bicyclic) bond motifs is 1. The molecule has 0 unspecified atom stereocenters. The van der Waals surface area contributed by atoms with Gasteiger partial charge in [-0.15, -0.1) is 0 Å². The van der Waals surface area contributed by atoms with Crippen LogP contribution in [0.4, 0.5) is 5.69 Å². The average molecular weight is 329 g/mol. The first kappa shape index (κ1) is 11.8. The van der Waals surface area contributed by atoms with Gasteiger partial charge in [0.15, 0.2) is 11.5 Å². The second-order valence-electron chi connectivity index (χ2n) is 3.01. The summed E-state index contributed by atoms with van der Waals surface area (Å²) in [6.07, 6.45) is 0. The van der Waals surface area contributed by atoms with Crippen molar-refractivity contribution in [2.45, 2.75) is 0 Å². The minimum absolute atomic E-state index is 0.111. The molecule has 1 aromatic rings. The first-order valence-corrected chi connectivity index (χ1v) is 7.32. The maximum Gasteiger partial charge on any atom is 0.242 e. The molecule has 0 atom stereocenters. The van der Waals surface area contributed by atoms with E-state index in [1.807, 2.05) is 0 Å². The van der Waals surface area contributed by atoms with E-state index in [0.717, 1.165) is 0 Å². The van der Waals surface area contributed by atoms with Crippen LogP contribution in [0.5, 0.6) is 11.5 Å². The summed E-state index contributed by atoms with van der Waals surface area (Å²) in [5, 5.41) is 0.258. The van der Waals surface area contributed by atoms with Crippen molar-refractivity contribution < 1.29 is 17.9 Å². The number of ether oxygens (including phenoxy) is 2. The van der Waals surface area contributed by atoms with Crippen LogP contribution in [0, 0.1) is 0 Å². The van der Waals surface area contributed by atoms with Gasteiger partial charge in [-0.05, 0) is 0 Å². The number of sulfonamides is 1. The maximum absolute atomic E-state index is 11.3. The lowest BCUT2D eigenvalue weighted by Gasteiger charge is -2.08. The Kier molecular flexibility index (Phi) is 3.18. The first-order valence-electron chi connectivity index (χ1n) is 4.17. The van der Waals surface area contributed by atoms with Crippen molar-refractivity contribution in [1.82, 2.24) is 0 Å². The van der Waals surface area contributed by atoms with Gasteiger partial charge in [0, 0.05) is 12.1 Å². The highest BCUT2D eigenvalue weighted by Crippen LogP contribution is 2.39. The van der Waals surface area contributed by atoms with Crippen LogP contribution in [-0.2, 0) is 10.0 Å². The lowest BCUT2D eigenvalue weighted by molar-refractivity contribution is 0.174. The van der Waals surface area contributed by atoms with E-state index < -0.39 is 10.0 Å². The molecule has 5 nitrogen and oxygen atoms in total. The third kappa shape index (κ3) is 2.36. The number of hydrogen-bond donors (Lipinski definition) is 1. The number of benzene rings is 1. The molecule has 0 amide bonds. The van der Waals surface area contributed by atoms with E-state index in [0.29, 0.717) is 11.5 Å². The fourth-order valence-corrected chi connectivity index (χ4v) is 2.35. The summed E-state index contributed by atoms with van der Waals surface area (Å²) in [5.74, 6) is 0.975. The van der Waals surface area contributed by atoms with Gasteiger partial charge in [0.05, 0.1) is 10.7 Å². The Morgan fingerprint density at radius 1 is 1.38 bits per heavy atom. The van der Waals surface area contributed by atoms with Crippen LogP contribution < -0.4 is 14.2 Å². The Morgan fingerprint density at radius 3 is 2.62 bits per heavy atom. The molecular weight excluding hydrogens is 322 g/mol. The molecule has 2 rings (SSSR count). The van der Waals surface area contributed by atoms with Crippen molar-refractivity contribution in [3.05, 3.63) is 17.2 Å². The molecule has 8 heteroatoms. The molecule has 88 valence electrons. The zero-order valence-electron chi connectivity index (χ0n) is 7.87. The fourth-order valence-electron chi connectivity index (χ4n) is 1.19. The van der Waals surface area contributed by atoms with E-state index in [1.165, 1.54) is 12.1 Å². The summed E-state index contributed by atoms with van der Waals surface area (Å²) in [4.78, 5) is 0. The standard InChI is InChI=1S/C8H7BrClNO4S/c9-3-16(12,13)11-6-2-8-7(1-5(6)10)14-4-15-8/h1-2,11H,3-4H2. The topological polar surface area (TPSA) is 64.6 Å². The Bertz CT molecular complexity index is 519. The van der Waals surface area contributed by atoms with Crippen LogP contribution in [-0.4, -0.2) is 19.9 Å². The van der Waals surface area contributed by atoms with Crippen molar-refractivity contribution in [2.24, 2.45) is 0 Å². The van der Waals surface area contributed by atoms with E-state index in [1.54, 1.807) is 0 Å². The van der Waals surface area contributed by atoms with Gasteiger partial charge in [0.1, 0.15) is 4.66 Å². The first-order chi connectivity index (χ1) is 7.52. The smallest absolute Gasteiger partial charge is 0.242 e. The Hall–Kier alpha value is -0.660. The lowest BCUT2D eigenvalue weighted by Crippen LogP contribution is -2.13. The zero-order chi connectivity index (χ0) is 11.8. The summed E-state index contributed by atoms with van der Waals surface area (Å²) in [7, 11) is -3.43. The molecule has 1 aliphatic heterocycles. The number of hydrogen-bond acceptors (Lipinski definition) is 4. The van der Waals surface area contributed by atoms with Crippen LogP contribution in [0.2, 0.25) is 5.02 Å². The summed E-state index contributed by atoms with van der Waals surface area (Å²) in [6.45, 7) is 0.111. The summed E-state index contributed by atoms with van der Waals surface area (Å²) in [6, 6.07) is 3.00. The molecule has 1 N–H and O–H groups in total. The second kappa shape index (κ2) is 4.31. The van der Waals surface area contributed by atoms with Crippen LogP contribution >= 0.6 is 27.5 Å². The molecule has 1 aliphatic rings. The summed E-state index contributed by atoms with van der Waals surface area (Å²) < 4.78 is 35.0. The van der Waals surface area contributed by atoms with Crippen LogP contribution in [0.15, 0.2) is 12.1 Å². The third-order valence-electron chi connectivity index (χ3n) is 1.87. The van der Waals surface area contributed by atoms with Crippen LogP contribution in [0.1, 0.15) is 0 Å². The van der Waals surface area contributed by atoms with Gasteiger partial charge in [-0.2, -0.15) is 0 Å². The van der Waals surface area contributed by atoms with E-state index in [2.05, 4.69) is 20.7 Å². The number of alkyl halides is 1. The Morgan fingerprint density at radius 2 is 2.00 bits per heavy atom. The van der Waals surface area contributed by atoms with Gasteiger partial charge in [-0.3, -0.25) is 4.72 Å². The SMILES string of the molecule is O=S(=O)(CBr)Nc1cc2c(cc1Cl)OCO2. The number of nitrogens with one attached hydrogen (secondary N) is 1. The van der Waals surface area contributed by atoms with Crippen molar-refractivity contribution in [1.29, 1.82) is 0 Å². The van der Waals surface area contributed by atoms with Gasteiger partial charge in [-0.25, -0.2) is 8.42 Å². The number of rotatable bonds is 3. The highest BCUT2D eigenvalue weighted by molar-refractivity contribution is 9.10. The molecule has 1 aromatic carbocycles. The lowest BCUT2D eigenvalue weighted by atomic mass is 10.3. The molecular formula is C8H7BrClNO4S. The molecule has 0 bridgehead atoms. The van der Waals surface area contributed by atoms with E-state index >= 15 is 0 Å². The van der Waals surface area contributed by atoms with Gasteiger partial charge >= 0.3 is 0 Å². The van der Waals surface area contributed by atoms with Crippen molar-refractivity contribution >= 4 is 43.2 Å². The average Bonchev–Trinajstić information content (AvgIpc) is 2.65. The molecule has 0 fully saturated rings. The number of anilines is 1. The monoisotopic (exact) mass is 327 g/mol. The normalized spacial score (nSPS) is 13.9. The Balaban J connectivity index is 2.36. The second-order valence-corrected chi connectivity index (χ2v) is 6.44. The predicted molar refractivity (Wildman–Crippen MR) is 63.9 cm³/mol. The van der Waals surface area contributed by atoms with Gasteiger partial charge < -0.3 is 9.47 Å². The molecule has 0 aromatic heterocycles. The minimum atomic E-state index is -3.43. The van der Waals surface area contributed by atoms with Gasteiger partial charge in [0.2, 0.25) is 16.8 Å². The van der Waals surface area contributed by atoms with Gasteiger partial charge in [0.25, 0.3) is 0 Å². The van der Waals surface area contributed by atoms with Gasteiger partial charge in [-0.1, -0.05) is 27.5 Å². The van der Waals surface area contributed by atoms with Crippen LogP contribution in [0.25, 0.3) is 0 Å². The molecule has 1 heterocycles. The molecule has 0 saturated carbocycles. The number of halogens is 2. The molecule has 16 heavy (non-hydrogen) atoms. The molecule has 0 radical (unpaired) electrons. The van der Waals surface area contributed by atoms with E-state index in [4.69, 9.17) is 21.1 Å². The maximum atomic E-state index is 11.3.